The highest BCUT2D eigenvalue weighted by molar-refractivity contribution is 5.95. The maximum atomic E-state index is 13.9. The summed E-state index contributed by atoms with van der Waals surface area (Å²) in [5.74, 6) is -2.66. The molecular weight excluding hydrogens is 550 g/mol. The number of carbonyl (C=O) groups is 4. The Balaban J connectivity index is 1.28. The number of imidazole rings is 1. The fourth-order valence-electron chi connectivity index (χ4n) is 5.55. The predicted octanol–water partition coefficient (Wildman–Crippen LogP) is 1.29. The number of nitrogens with one attached hydrogen (secondary N) is 4. The summed E-state index contributed by atoms with van der Waals surface area (Å²) >= 11 is 0. The van der Waals surface area contributed by atoms with Crippen molar-refractivity contribution < 1.29 is 24.3 Å². The first kappa shape index (κ1) is 29.5. The Hall–Kier alpha value is -4.97. The second kappa shape index (κ2) is 13.3. The lowest BCUT2D eigenvalue weighted by Crippen LogP contribution is -2.57. The summed E-state index contributed by atoms with van der Waals surface area (Å²) in [5.41, 5.74) is 9.51. The van der Waals surface area contributed by atoms with Gasteiger partial charge in [-0.15, -0.1) is 0 Å². The number of hydrogen-bond acceptors (Lipinski definition) is 6. The molecule has 1 saturated heterocycles. The van der Waals surface area contributed by atoms with Gasteiger partial charge in [-0.1, -0.05) is 48.5 Å². The summed E-state index contributed by atoms with van der Waals surface area (Å²) in [5, 5.41) is 16.2. The highest BCUT2D eigenvalue weighted by Crippen LogP contribution is 2.21. The molecule has 0 bridgehead atoms. The minimum atomic E-state index is -1.17. The molecule has 0 saturated carbocycles. The molecule has 2 aromatic heterocycles. The lowest BCUT2D eigenvalue weighted by atomic mass is 10.0. The number of nitrogens with two attached hydrogens (primary N) is 1. The van der Waals surface area contributed by atoms with Gasteiger partial charge in [-0.25, -0.2) is 9.78 Å². The van der Waals surface area contributed by atoms with Gasteiger partial charge in [0.25, 0.3) is 0 Å². The summed E-state index contributed by atoms with van der Waals surface area (Å²) in [6.07, 6.45) is 6.27. The number of carboxylic acid groups (broad SMARTS) is 1. The van der Waals surface area contributed by atoms with E-state index in [-0.39, 0.29) is 19.3 Å². The van der Waals surface area contributed by atoms with Gasteiger partial charge in [0.05, 0.1) is 12.4 Å². The van der Waals surface area contributed by atoms with Crippen LogP contribution in [0, 0.1) is 0 Å². The zero-order chi connectivity index (χ0) is 30.3. The molecule has 3 amide bonds. The normalized spacial score (nSPS) is 16.9. The van der Waals surface area contributed by atoms with Gasteiger partial charge in [-0.3, -0.25) is 14.4 Å². The molecule has 0 aliphatic carbocycles. The Labute approximate surface area is 248 Å². The van der Waals surface area contributed by atoms with Crippen molar-refractivity contribution in [3.63, 3.8) is 0 Å². The summed E-state index contributed by atoms with van der Waals surface area (Å²) in [4.78, 5) is 64.0. The third kappa shape index (κ3) is 7.09. The lowest BCUT2D eigenvalue weighted by Gasteiger charge is -2.30. The van der Waals surface area contributed by atoms with Gasteiger partial charge in [-0.05, 0) is 36.5 Å². The smallest absolute Gasteiger partial charge is 0.326 e. The van der Waals surface area contributed by atoms with E-state index in [9.17, 15) is 24.3 Å². The van der Waals surface area contributed by atoms with E-state index in [2.05, 4.69) is 25.6 Å². The number of para-hydroxylation sites is 1. The van der Waals surface area contributed by atoms with E-state index in [1.807, 2.05) is 36.5 Å². The number of likely N-dealkylation sites (tertiary alicyclic amines) is 1. The van der Waals surface area contributed by atoms with Crippen molar-refractivity contribution in [1.82, 2.24) is 30.5 Å². The van der Waals surface area contributed by atoms with Gasteiger partial charge in [-0.2, -0.15) is 0 Å². The molecule has 4 atom stereocenters. The van der Waals surface area contributed by atoms with E-state index in [4.69, 9.17) is 5.73 Å². The van der Waals surface area contributed by atoms with Gasteiger partial charge in [0.15, 0.2) is 0 Å². The third-order valence-corrected chi connectivity index (χ3v) is 7.78. The predicted molar refractivity (Wildman–Crippen MR) is 159 cm³/mol. The molecule has 43 heavy (non-hydrogen) atoms. The molecule has 3 heterocycles. The van der Waals surface area contributed by atoms with Crippen LogP contribution < -0.4 is 16.4 Å². The lowest BCUT2D eigenvalue weighted by molar-refractivity contribution is -0.144. The van der Waals surface area contributed by atoms with Crippen molar-refractivity contribution in [2.75, 3.05) is 6.54 Å². The van der Waals surface area contributed by atoms with Crippen molar-refractivity contribution >= 4 is 34.6 Å². The molecule has 0 radical (unpaired) electrons. The third-order valence-electron chi connectivity index (χ3n) is 7.78. The first-order chi connectivity index (χ1) is 20.8. The van der Waals surface area contributed by atoms with Crippen LogP contribution in [0.1, 0.15) is 29.7 Å². The number of fused-ring (bicyclic) bond motifs is 1. The molecule has 4 aromatic rings. The Morgan fingerprint density at radius 1 is 0.977 bits per heavy atom. The van der Waals surface area contributed by atoms with Crippen LogP contribution in [0.3, 0.4) is 0 Å². The van der Waals surface area contributed by atoms with E-state index < -0.39 is 47.9 Å². The molecule has 12 heteroatoms. The molecule has 1 aliphatic rings. The average Bonchev–Trinajstić information content (AvgIpc) is 3.78. The van der Waals surface area contributed by atoms with Gasteiger partial charge < -0.3 is 36.3 Å². The fraction of sp³-hybridized carbons (Fsp3) is 0.323. The van der Waals surface area contributed by atoms with Gasteiger partial charge >= 0.3 is 5.97 Å². The minimum absolute atomic E-state index is 0.107. The molecule has 2 aromatic carbocycles. The molecular formula is C31H35N7O5. The van der Waals surface area contributed by atoms with Crippen molar-refractivity contribution in [3.8, 4) is 0 Å². The zero-order valence-corrected chi connectivity index (χ0v) is 23.5. The Morgan fingerprint density at radius 2 is 1.74 bits per heavy atom. The molecule has 5 rings (SSSR count). The van der Waals surface area contributed by atoms with Crippen molar-refractivity contribution in [2.24, 2.45) is 5.73 Å². The Morgan fingerprint density at radius 3 is 2.49 bits per heavy atom. The quantitative estimate of drug-likeness (QED) is 0.145. The fourth-order valence-corrected chi connectivity index (χ4v) is 5.55. The molecule has 0 spiro atoms. The number of aromatic nitrogens is 3. The maximum Gasteiger partial charge on any atom is 0.326 e. The summed E-state index contributed by atoms with van der Waals surface area (Å²) in [7, 11) is 0. The van der Waals surface area contributed by atoms with Crippen LogP contribution in [0.15, 0.2) is 73.3 Å². The van der Waals surface area contributed by atoms with Gasteiger partial charge in [0.2, 0.25) is 17.7 Å². The first-order valence-electron chi connectivity index (χ1n) is 14.3. The minimum Gasteiger partial charge on any atom is -0.480 e. The van der Waals surface area contributed by atoms with Crippen LogP contribution in [0.25, 0.3) is 10.9 Å². The SMILES string of the molecule is NC(Cc1c[nH]c2ccccc12)C(=O)NC(Cc1cnc[nH]1)C(=O)N1CCCC1C(=O)NC(Cc1ccccc1)C(=O)O. The topological polar surface area (TPSA) is 186 Å². The summed E-state index contributed by atoms with van der Waals surface area (Å²) < 4.78 is 0. The van der Waals surface area contributed by atoms with E-state index in [0.29, 0.717) is 25.1 Å². The van der Waals surface area contributed by atoms with Gasteiger partial charge in [0.1, 0.15) is 18.1 Å². The number of benzene rings is 2. The van der Waals surface area contributed by atoms with E-state index in [0.717, 1.165) is 22.0 Å². The molecule has 7 N–H and O–H groups in total. The number of rotatable bonds is 12. The van der Waals surface area contributed by atoms with Crippen molar-refractivity contribution in [2.45, 2.75) is 56.3 Å². The van der Waals surface area contributed by atoms with E-state index in [1.165, 1.54) is 11.2 Å². The van der Waals surface area contributed by atoms with Crippen LogP contribution in [0.5, 0.6) is 0 Å². The van der Waals surface area contributed by atoms with Gasteiger partial charge in [0, 0.05) is 48.4 Å². The Kier molecular flexibility index (Phi) is 9.16. The number of nitrogens with zero attached hydrogens (tertiary/aromatic N) is 2. The van der Waals surface area contributed by atoms with Crippen LogP contribution in [0.4, 0.5) is 0 Å². The number of hydrogen-bond donors (Lipinski definition) is 6. The number of carbonyl (C=O) groups excluding carboxylic acids is 3. The number of amides is 3. The summed E-state index contributed by atoms with van der Waals surface area (Å²) in [6, 6.07) is 12.7. The number of carboxylic acids is 1. The first-order valence-corrected chi connectivity index (χ1v) is 14.3. The van der Waals surface area contributed by atoms with Crippen molar-refractivity contribution in [1.29, 1.82) is 0 Å². The number of aliphatic carboxylic acids is 1. The second-order valence-electron chi connectivity index (χ2n) is 10.8. The van der Waals surface area contributed by atoms with Crippen LogP contribution >= 0.6 is 0 Å². The molecule has 1 aliphatic heterocycles. The van der Waals surface area contributed by atoms with Crippen molar-refractivity contribution in [3.05, 3.63) is 90.1 Å². The monoisotopic (exact) mass is 585 g/mol. The highest BCUT2D eigenvalue weighted by Gasteiger charge is 2.39. The molecule has 224 valence electrons. The number of aromatic amines is 2. The maximum absolute atomic E-state index is 13.9. The van der Waals surface area contributed by atoms with Crippen LogP contribution in [-0.4, -0.2) is 79.4 Å². The van der Waals surface area contributed by atoms with E-state index in [1.54, 1.807) is 30.5 Å². The largest absolute Gasteiger partial charge is 0.480 e. The van der Waals surface area contributed by atoms with E-state index >= 15 is 0 Å². The van der Waals surface area contributed by atoms with Crippen LogP contribution in [0.2, 0.25) is 0 Å². The molecule has 12 nitrogen and oxygen atoms in total. The summed E-state index contributed by atoms with van der Waals surface area (Å²) in [6.45, 7) is 0.296. The second-order valence-corrected chi connectivity index (χ2v) is 10.8. The molecule has 1 fully saturated rings. The van der Waals surface area contributed by atoms with Crippen LogP contribution in [-0.2, 0) is 38.4 Å². The average molecular weight is 586 g/mol. The Bertz CT molecular complexity index is 1570. The molecule has 4 unspecified atom stereocenters. The highest BCUT2D eigenvalue weighted by atomic mass is 16.4. The number of H-pyrrole nitrogens is 2. The standard InChI is InChI=1S/C31H35N7O5/c32-23(14-20-16-34-24-10-5-4-9-22(20)24)28(39)36-25(15-21-17-33-18-35-21)30(41)38-12-6-11-27(38)29(40)37-26(31(42)43)13-19-7-2-1-3-8-19/h1-5,7-10,16-18,23,25-27,34H,6,11-15,32H2,(H,33,35)(H,36,39)(H,37,40)(H,42,43). The zero-order valence-electron chi connectivity index (χ0n) is 23.5.